The molecule has 3 heteroatoms. The number of aromatic nitrogens is 1. The first kappa shape index (κ1) is 8.47. The third-order valence-corrected chi connectivity index (χ3v) is 2.03. The molecular weight excluding hydrogens is 251 g/mol. The van der Waals surface area contributed by atoms with E-state index in [1.807, 2.05) is 19.9 Å². The molecule has 0 unspecified atom stereocenters. The van der Waals surface area contributed by atoms with Crippen molar-refractivity contribution >= 4 is 22.6 Å². The first-order valence-electron chi connectivity index (χ1n) is 3.19. The lowest BCUT2D eigenvalue weighted by Gasteiger charge is -2.00. The molecule has 0 spiro atoms. The van der Waals surface area contributed by atoms with Crippen LogP contribution in [0, 0.1) is 28.9 Å². The zero-order valence-corrected chi connectivity index (χ0v) is 8.51. The van der Waals surface area contributed by atoms with Crippen LogP contribution in [-0.4, -0.2) is 4.98 Å². The molecule has 1 rings (SSSR count). The molecule has 0 N–H and O–H groups in total. The predicted octanol–water partition coefficient (Wildman–Crippen LogP) is 2.17. The summed E-state index contributed by atoms with van der Waals surface area (Å²) in [6.45, 7) is 3.78. The van der Waals surface area contributed by atoms with Crippen molar-refractivity contribution < 1.29 is 0 Å². The molecule has 0 bridgehead atoms. The van der Waals surface area contributed by atoms with Crippen molar-refractivity contribution in [2.45, 2.75) is 13.8 Å². The fourth-order valence-electron chi connectivity index (χ4n) is 0.954. The van der Waals surface area contributed by atoms with Crippen LogP contribution in [0.15, 0.2) is 6.07 Å². The number of nitrogens with zero attached hydrogens (tertiary/aromatic N) is 2. The van der Waals surface area contributed by atoms with Crippen LogP contribution in [0.3, 0.4) is 0 Å². The van der Waals surface area contributed by atoms with Crippen molar-refractivity contribution in [2.24, 2.45) is 0 Å². The van der Waals surface area contributed by atoms with Gasteiger partial charge in [-0.15, -0.1) is 0 Å². The molecule has 0 saturated heterocycles. The van der Waals surface area contributed by atoms with Crippen molar-refractivity contribution in [3.05, 3.63) is 26.6 Å². The molecule has 0 aliphatic heterocycles. The molecule has 0 radical (unpaired) electrons. The van der Waals surface area contributed by atoms with Crippen molar-refractivity contribution in [1.82, 2.24) is 4.98 Å². The summed E-state index contributed by atoms with van der Waals surface area (Å²) in [6.07, 6.45) is 0. The van der Waals surface area contributed by atoms with Gasteiger partial charge in [0.15, 0.2) is 0 Å². The van der Waals surface area contributed by atoms with E-state index in [-0.39, 0.29) is 0 Å². The number of aryl methyl sites for hydroxylation is 2. The zero-order chi connectivity index (χ0) is 8.43. The van der Waals surface area contributed by atoms with Gasteiger partial charge < -0.3 is 0 Å². The smallest absolute Gasteiger partial charge is 0.102 e. The molecule has 0 saturated carbocycles. The van der Waals surface area contributed by atoms with Gasteiger partial charge in [-0.1, -0.05) is 0 Å². The van der Waals surface area contributed by atoms with E-state index >= 15 is 0 Å². The number of rotatable bonds is 0. The third kappa shape index (κ3) is 1.69. The number of nitriles is 1. The van der Waals surface area contributed by atoms with E-state index in [4.69, 9.17) is 5.26 Å². The Balaban J connectivity index is 3.40. The summed E-state index contributed by atoms with van der Waals surface area (Å²) in [5, 5.41) is 8.70. The van der Waals surface area contributed by atoms with Crippen LogP contribution in [0.4, 0.5) is 0 Å². The van der Waals surface area contributed by atoms with Crippen molar-refractivity contribution in [1.29, 1.82) is 5.26 Å². The van der Waals surface area contributed by atoms with Gasteiger partial charge in [0.05, 0.1) is 11.3 Å². The Hall–Kier alpha value is -0.630. The number of hydrogen-bond donors (Lipinski definition) is 0. The Morgan fingerprint density at radius 2 is 2.18 bits per heavy atom. The Morgan fingerprint density at radius 1 is 1.55 bits per heavy atom. The lowest BCUT2D eigenvalue weighted by molar-refractivity contribution is 1.12. The Labute approximate surface area is 79.4 Å². The Morgan fingerprint density at radius 3 is 2.64 bits per heavy atom. The number of hydrogen-bond acceptors (Lipinski definition) is 2. The van der Waals surface area contributed by atoms with Gasteiger partial charge in [0.25, 0.3) is 0 Å². The highest BCUT2D eigenvalue weighted by Crippen LogP contribution is 2.12. The molecule has 0 amide bonds. The van der Waals surface area contributed by atoms with Gasteiger partial charge in [-0.2, -0.15) is 5.26 Å². The number of halogens is 1. The second kappa shape index (κ2) is 3.18. The summed E-state index contributed by atoms with van der Waals surface area (Å²) in [5.41, 5.74) is 2.52. The van der Waals surface area contributed by atoms with Crippen molar-refractivity contribution in [3.63, 3.8) is 0 Å². The summed E-state index contributed by atoms with van der Waals surface area (Å²) in [7, 11) is 0. The average Bonchev–Trinajstić information content (AvgIpc) is 1.85. The fraction of sp³-hybridized carbons (Fsp3) is 0.250. The topological polar surface area (TPSA) is 36.7 Å². The molecule has 0 atom stereocenters. The number of pyridine rings is 1. The first-order chi connectivity index (χ1) is 5.15. The highest BCUT2D eigenvalue weighted by atomic mass is 127. The van der Waals surface area contributed by atoms with Gasteiger partial charge in [-0.25, -0.2) is 4.98 Å². The molecule has 0 aliphatic rings. The summed E-state index contributed by atoms with van der Waals surface area (Å²) < 4.78 is 0.941. The summed E-state index contributed by atoms with van der Waals surface area (Å²) in [4.78, 5) is 4.17. The highest BCUT2D eigenvalue weighted by Gasteiger charge is 2.03. The maximum absolute atomic E-state index is 8.70. The average molecular weight is 258 g/mol. The van der Waals surface area contributed by atoms with Crippen LogP contribution in [0.2, 0.25) is 0 Å². The van der Waals surface area contributed by atoms with E-state index in [0.29, 0.717) is 5.56 Å². The van der Waals surface area contributed by atoms with Gasteiger partial charge in [0.1, 0.15) is 9.77 Å². The standard InChI is InChI=1S/C8H7IN2/c1-5-3-8(9)11-6(2)7(5)4-10/h3H,1-2H3. The minimum absolute atomic E-state index is 0.699. The third-order valence-electron chi connectivity index (χ3n) is 1.48. The fourth-order valence-corrected chi connectivity index (χ4v) is 1.78. The molecule has 0 aliphatic carbocycles. The normalized spacial score (nSPS) is 9.27. The first-order valence-corrected chi connectivity index (χ1v) is 4.27. The molecule has 1 aromatic rings. The summed E-state index contributed by atoms with van der Waals surface area (Å²) >= 11 is 2.14. The van der Waals surface area contributed by atoms with Crippen LogP contribution in [0.25, 0.3) is 0 Å². The van der Waals surface area contributed by atoms with Crippen molar-refractivity contribution in [2.75, 3.05) is 0 Å². The molecule has 1 heterocycles. The maximum Gasteiger partial charge on any atom is 0.102 e. The van der Waals surface area contributed by atoms with Crippen LogP contribution in [-0.2, 0) is 0 Å². The van der Waals surface area contributed by atoms with E-state index in [9.17, 15) is 0 Å². The van der Waals surface area contributed by atoms with Gasteiger partial charge in [0.2, 0.25) is 0 Å². The van der Waals surface area contributed by atoms with Crippen LogP contribution >= 0.6 is 22.6 Å². The Kier molecular flexibility index (Phi) is 2.45. The molecule has 2 nitrogen and oxygen atoms in total. The molecule has 0 aromatic carbocycles. The molecule has 0 fully saturated rings. The summed E-state index contributed by atoms with van der Waals surface area (Å²) in [5.74, 6) is 0. The van der Waals surface area contributed by atoms with E-state index in [0.717, 1.165) is 15.0 Å². The maximum atomic E-state index is 8.70. The van der Waals surface area contributed by atoms with E-state index in [1.54, 1.807) is 0 Å². The lowest BCUT2D eigenvalue weighted by atomic mass is 10.1. The zero-order valence-electron chi connectivity index (χ0n) is 6.35. The summed E-state index contributed by atoms with van der Waals surface area (Å²) in [6, 6.07) is 4.03. The molecule has 11 heavy (non-hydrogen) atoms. The second-order valence-electron chi connectivity index (χ2n) is 2.33. The second-order valence-corrected chi connectivity index (χ2v) is 3.44. The van der Waals surface area contributed by atoms with E-state index < -0.39 is 0 Å². The van der Waals surface area contributed by atoms with Crippen molar-refractivity contribution in [3.8, 4) is 6.07 Å². The molecule has 1 aromatic heterocycles. The SMILES string of the molecule is Cc1cc(I)nc(C)c1C#N. The Bertz CT molecular complexity index is 302. The minimum Gasteiger partial charge on any atom is -0.246 e. The van der Waals surface area contributed by atoms with E-state index in [2.05, 4.69) is 33.6 Å². The van der Waals surface area contributed by atoms with Gasteiger partial charge in [-0.3, -0.25) is 0 Å². The quantitative estimate of drug-likeness (QED) is 0.528. The van der Waals surface area contributed by atoms with Gasteiger partial charge in [0, 0.05) is 0 Å². The largest absolute Gasteiger partial charge is 0.246 e. The van der Waals surface area contributed by atoms with Crippen LogP contribution < -0.4 is 0 Å². The van der Waals surface area contributed by atoms with Gasteiger partial charge in [-0.05, 0) is 48.1 Å². The predicted molar refractivity (Wildman–Crippen MR) is 51.1 cm³/mol. The minimum atomic E-state index is 0.699. The van der Waals surface area contributed by atoms with Gasteiger partial charge >= 0.3 is 0 Å². The monoisotopic (exact) mass is 258 g/mol. The highest BCUT2D eigenvalue weighted by molar-refractivity contribution is 14.1. The van der Waals surface area contributed by atoms with Crippen LogP contribution in [0.1, 0.15) is 16.8 Å². The van der Waals surface area contributed by atoms with Crippen LogP contribution in [0.5, 0.6) is 0 Å². The molecule has 56 valence electrons. The lowest BCUT2D eigenvalue weighted by Crippen LogP contribution is -1.93. The van der Waals surface area contributed by atoms with E-state index in [1.165, 1.54) is 0 Å². The molecular formula is C8H7IN2.